The number of hydrogen-bond acceptors (Lipinski definition) is 6. The number of nitrogens with zero attached hydrogens (tertiary/aromatic N) is 1. The maximum atomic E-state index is 8.55. The molecule has 0 N–H and O–H groups in total. The number of benzene rings is 1. The second kappa shape index (κ2) is 12.7. The first kappa shape index (κ1) is 22.3. The summed E-state index contributed by atoms with van der Waals surface area (Å²) in [5, 5.41) is 25.2. The van der Waals surface area contributed by atoms with Crippen molar-refractivity contribution in [1.82, 2.24) is 0 Å². The minimum Gasteiger partial charge on any atom is -0.652 e. The first-order valence-electron chi connectivity index (χ1n) is 4.74. The molecule has 1 atom stereocenters. The van der Waals surface area contributed by atoms with Gasteiger partial charge in [0.1, 0.15) is 18.5 Å². The van der Waals surface area contributed by atoms with E-state index in [1.165, 1.54) is 0 Å². The third kappa shape index (κ3) is 12.5. The van der Waals surface area contributed by atoms with E-state index >= 15 is 0 Å². The molecule has 6 nitrogen and oxygen atoms in total. The Morgan fingerprint density at radius 3 is 2.21 bits per heavy atom. The molecule has 1 heterocycles. The summed E-state index contributed by atoms with van der Waals surface area (Å²) in [5.41, 5.74) is 0.648. The summed E-state index contributed by atoms with van der Waals surface area (Å²) in [7, 11) is 0. The largest absolute Gasteiger partial charge is 1.00 e. The summed E-state index contributed by atoms with van der Waals surface area (Å²) in [6.07, 6.45) is -2.06. The van der Waals surface area contributed by atoms with Crippen LogP contribution in [0.15, 0.2) is 24.3 Å². The van der Waals surface area contributed by atoms with Crippen molar-refractivity contribution in [3.05, 3.63) is 29.8 Å². The van der Waals surface area contributed by atoms with E-state index in [-0.39, 0.29) is 109 Å². The summed E-state index contributed by atoms with van der Waals surface area (Å²) in [5.74, 6) is 0.787. The average molecular weight is 313 g/mol. The normalized spacial score (nSPS) is 14.4. The van der Waals surface area contributed by atoms with Crippen molar-refractivity contribution < 1.29 is 127 Å². The van der Waals surface area contributed by atoms with Crippen LogP contribution in [0.3, 0.4) is 0 Å². The predicted octanol–water partition coefficient (Wildman–Crippen LogP) is -7.10. The molecule has 90 valence electrons. The Hall–Kier alpha value is 1.01. The summed E-state index contributed by atoms with van der Waals surface area (Å²) >= 11 is 0. The van der Waals surface area contributed by atoms with Crippen LogP contribution >= 0.6 is 0 Å². The number of rotatable bonds is 3. The van der Waals surface area contributed by atoms with Gasteiger partial charge in [0.15, 0.2) is 0 Å². The van der Waals surface area contributed by atoms with E-state index in [1.807, 2.05) is 0 Å². The SMILES string of the molecule is N#Cc1ccc(OC[C@@H]2CO2)cc1.O=C([O-])[O-].[K+].[K+]. The van der Waals surface area contributed by atoms with Gasteiger partial charge in [0.2, 0.25) is 0 Å². The Kier molecular flexibility index (Phi) is 14.9. The van der Waals surface area contributed by atoms with Gasteiger partial charge in [0, 0.05) is 0 Å². The van der Waals surface area contributed by atoms with E-state index in [4.69, 9.17) is 29.7 Å². The average Bonchev–Trinajstić information content (AvgIpc) is 3.10. The summed E-state index contributed by atoms with van der Waals surface area (Å²) in [6, 6.07) is 9.11. The summed E-state index contributed by atoms with van der Waals surface area (Å²) < 4.78 is 10.4. The summed E-state index contributed by atoms with van der Waals surface area (Å²) in [6.45, 7) is 1.40. The molecule has 2 rings (SSSR count). The number of carboxylic acid groups (broad SMARTS) is 2. The van der Waals surface area contributed by atoms with Crippen LogP contribution in [-0.2, 0) is 4.74 Å². The minimum absolute atomic E-state index is 0. The Morgan fingerprint density at radius 1 is 1.37 bits per heavy atom. The van der Waals surface area contributed by atoms with Crippen molar-refractivity contribution >= 4 is 6.16 Å². The molecule has 0 aliphatic carbocycles. The zero-order valence-electron chi connectivity index (χ0n) is 10.8. The van der Waals surface area contributed by atoms with Crippen LogP contribution in [0.2, 0.25) is 0 Å². The molecule has 1 saturated heterocycles. The zero-order chi connectivity index (χ0) is 12.7. The first-order valence-corrected chi connectivity index (χ1v) is 4.74. The molecule has 1 aromatic carbocycles. The number of epoxide rings is 1. The van der Waals surface area contributed by atoms with Crippen LogP contribution in [0.1, 0.15) is 5.56 Å². The minimum atomic E-state index is -2.33. The molecule has 1 aromatic rings. The third-order valence-corrected chi connectivity index (χ3v) is 1.82. The molecule has 0 amide bonds. The Balaban J connectivity index is 0. The third-order valence-electron chi connectivity index (χ3n) is 1.82. The first-order chi connectivity index (χ1) is 8.11. The maximum Gasteiger partial charge on any atom is 1.00 e. The number of carbonyl (C=O) groups is 1. The molecule has 1 aliphatic heterocycles. The molecular weight excluding hydrogens is 304 g/mol. The van der Waals surface area contributed by atoms with Crippen LogP contribution in [0.5, 0.6) is 5.75 Å². The number of nitriles is 1. The summed E-state index contributed by atoms with van der Waals surface area (Å²) in [4.78, 5) is 8.33. The Bertz CT molecular complexity index is 410. The van der Waals surface area contributed by atoms with Gasteiger partial charge in [-0.25, -0.2) is 0 Å². The molecule has 0 bridgehead atoms. The van der Waals surface area contributed by atoms with Gasteiger partial charge >= 0.3 is 103 Å². The van der Waals surface area contributed by atoms with Gasteiger partial charge in [-0.2, -0.15) is 5.26 Å². The monoisotopic (exact) mass is 313 g/mol. The molecule has 0 unspecified atom stereocenters. The second-order valence-corrected chi connectivity index (χ2v) is 3.15. The van der Waals surface area contributed by atoms with E-state index in [0.717, 1.165) is 12.4 Å². The van der Waals surface area contributed by atoms with Gasteiger partial charge in [-0.1, -0.05) is 0 Å². The van der Waals surface area contributed by atoms with Crippen molar-refractivity contribution in [3.8, 4) is 11.8 Å². The quantitative estimate of drug-likeness (QED) is 0.405. The van der Waals surface area contributed by atoms with Crippen molar-refractivity contribution in [2.75, 3.05) is 13.2 Å². The van der Waals surface area contributed by atoms with Gasteiger partial charge in [-0.3, -0.25) is 0 Å². The van der Waals surface area contributed by atoms with Gasteiger partial charge in [0.05, 0.1) is 18.2 Å². The Labute approximate surface area is 195 Å². The zero-order valence-corrected chi connectivity index (χ0v) is 17.0. The smallest absolute Gasteiger partial charge is 0.652 e. The van der Waals surface area contributed by atoms with Gasteiger partial charge < -0.3 is 24.5 Å². The van der Waals surface area contributed by atoms with Gasteiger partial charge in [-0.15, -0.1) is 0 Å². The van der Waals surface area contributed by atoms with Gasteiger partial charge in [-0.05, 0) is 30.4 Å². The van der Waals surface area contributed by atoms with E-state index in [2.05, 4.69) is 6.07 Å². The van der Waals surface area contributed by atoms with Crippen LogP contribution in [-0.4, -0.2) is 25.5 Å². The van der Waals surface area contributed by atoms with E-state index < -0.39 is 6.16 Å². The van der Waals surface area contributed by atoms with Gasteiger partial charge in [0.25, 0.3) is 0 Å². The number of hydrogen-bond donors (Lipinski definition) is 0. The van der Waals surface area contributed by atoms with Crippen LogP contribution in [0, 0.1) is 11.3 Å². The molecule has 0 saturated carbocycles. The predicted molar refractivity (Wildman–Crippen MR) is 51.8 cm³/mol. The fourth-order valence-corrected chi connectivity index (χ4v) is 0.979. The van der Waals surface area contributed by atoms with E-state index in [0.29, 0.717) is 12.2 Å². The molecule has 1 aliphatic rings. The molecule has 19 heavy (non-hydrogen) atoms. The molecule has 8 heteroatoms. The van der Waals surface area contributed by atoms with Crippen molar-refractivity contribution in [1.29, 1.82) is 5.26 Å². The number of ether oxygens (including phenoxy) is 2. The molecule has 0 aromatic heterocycles. The topological polar surface area (TPSA) is 109 Å². The van der Waals surface area contributed by atoms with Crippen LogP contribution < -0.4 is 118 Å². The molecule has 0 spiro atoms. The molecule has 0 radical (unpaired) electrons. The standard InChI is InChI=1S/C10H9NO2.CH2O3.2K/c11-5-8-1-3-9(4-2-8)12-6-10-7-13-10;2-1(3)4;;/h1-4,10H,6-7H2;(H2,2,3,4);;/q;;2*+1/p-2/t10-;;;/m1.../s1. The van der Waals surface area contributed by atoms with E-state index in [9.17, 15) is 0 Å². The molecular formula is C11H9K2NO5. The fourth-order valence-electron chi connectivity index (χ4n) is 0.979. The Morgan fingerprint density at radius 2 is 1.84 bits per heavy atom. The number of carbonyl (C=O) groups excluding carboxylic acids is 1. The van der Waals surface area contributed by atoms with Crippen LogP contribution in [0.25, 0.3) is 0 Å². The van der Waals surface area contributed by atoms with Crippen molar-refractivity contribution in [2.45, 2.75) is 6.10 Å². The van der Waals surface area contributed by atoms with E-state index in [1.54, 1.807) is 24.3 Å². The maximum absolute atomic E-state index is 8.55. The second-order valence-electron chi connectivity index (χ2n) is 3.15. The molecule has 1 fully saturated rings. The van der Waals surface area contributed by atoms with Crippen molar-refractivity contribution in [2.24, 2.45) is 0 Å². The van der Waals surface area contributed by atoms with Crippen LogP contribution in [0.4, 0.5) is 4.79 Å². The van der Waals surface area contributed by atoms with Crippen molar-refractivity contribution in [3.63, 3.8) is 0 Å². The fraction of sp³-hybridized carbons (Fsp3) is 0.273.